The lowest BCUT2D eigenvalue weighted by Gasteiger charge is -2.27. The molecular weight excluding hydrogens is 336 g/mol. The minimum Gasteiger partial charge on any atom is -0.300 e. The van der Waals surface area contributed by atoms with E-state index in [4.69, 9.17) is 0 Å². The van der Waals surface area contributed by atoms with Crippen LogP contribution in [0, 0.1) is 0 Å². The molecule has 4 rings (SSSR count). The molecule has 4 nitrogen and oxygen atoms in total. The number of amides is 2. The number of carbonyl (C=O) groups excluding carboxylic acids is 2. The van der Waals surface area contributed by atoms with Crippen molar-refractivity contribution in [3.63, 3.8) is 0 Å². The lowest BCUT2D eigenvalue weighted by Crippen LogP contribution is -2.37. The first-order valence-corrected chi connectivity index (χ1v) is 9.97. The predicted molar refractivity (Wildman–Crippen MR) is 107 cm³/mol. The molecule has 27 heavy (non-hydrogen) atoms. The summed E-state index contributed by atoms with van der Waals surface area (Å²) in [5, 5.41) is 0. The summed E-state index contributed by atoms with van der Waals surface area (Å²) >= 11 is 0. The van der Waals surface area contributed by atoms with Crippen molar-refractivity contribution in [2.24, 2.45) is 0 Å². The normalized spacial score (nSPS) is 16.3. The molecule has 0 aromatic heterocycles. The minimum absolute atomic E-state index is 0.202. The Morgan fingerprint density at radius 3 is 1.89 bits per heavy atom. The van der Waals surface area contributed by atoms with Gasteiger partial charge in [0.2, 0.25) is 0 Å². The van der Waals surface area contributed by atoms with Crippen molar-refractivity contribution >= 4 is 17.5 Å². The molecule has 140 valence electrons. The molecule has 2 aromatic carbocycles. The minimum atomic E-state index is -0.202. The summed E-state index contributed by atoms with van der Waals surface area (Å²) in [5.74, 6) is -0.405. The summed E-state index contributed by atoms with van der Waals surface area (Å²) in [6, 6.07) is 13.6. The van der Waals surface area contributed by atoms with E-state index in [0.717, 1.165) is 38.8 Å². The Morgan fingerprint density at radius 2 is 1.41 bits per heavy atom. The van der Waals surface area contributed by atoms with Gasteiger partial charge in [-0.3, -0.25) is 14.5 Å². The third-order valence-electron chi connectivity index (χ3n) is 5.67. The third-order valence-corrected chi connectivity index (χ3v) is 5.67. The second-order valence-corrected chi connectivity index (χ2v) is 7.55. The highest BCUT2D eigenvalue weighted by Gasteiger charge is 2.39. The van der Waals surface area contributed by atoms with Crippen molar-refractivity contribution in [2.75, 3.05) is 18.0 Å². The van der Waals surface area contributed by atoms with Gasteiger partial charge < -0.3 is 0 Å². The van der Waals surface area contributed by atoms with E-state index in [1.54, 1.807) is 12.1 Å². The van der Waals surface area contributed by atoms with Gasteiger partial charge >= 0.3 is 0 Å². The average Bonchev–Trinajstić information content (AvgIpc) is 3.20. The van der Waals surface area contributed by atoms with Crippen LogP contribution in [0.5, 0.6) is 0 Å². The molecule has 0 radical (unpaired) electrons. The highest BCUT2D eigenvalue weighted by molar-refractivity contribution is 6.34. The molecule has 0 bridgehead atoms. The molecule has 1 aliphatic heterocycles. The lowest BCUT2D eigenvalue weighted by atomic mass is 10.0. The lowest BCUT2D eigenvalue weighted by molar-refractivity contribution is 0.0926. The van der Waals surface area contributed by atoms with Crippen LogP contribution in [-0.2, 0) is 12.8 Å². The molecule has 2 aliphatic rings. The molecule has 0 N–H and O–H groups in total. The fourth-order valence-corrected chi connectivity index (χ4v) is 4.46. The molecule has 0 unspecified atom stereocenters. The van der Waals surface area contributed by atoms with E-state index in [2.05, 4.69) is 18.7 Å². The van der Waals surface area contributed by atoms with Crippen molar-refractivity contribution in [2.45, 2.75) is 45.6 Å². The number of imide groups is 1. The number of hydrogen-bond acceptors (Lipinski definition) is 3. The Kier molecular flexibility index (Phi) is 4.83. The molecular formula is C23H26N2O2. The third kappa shape index (κ3) is 3.08. The fourth-order valence-electron chi connectivity index (χ4n) is 4.46. The highest BCUT2D eigenvalue weighted by Crippen LogP contribution is 2.34. The number of rotatable bonds is 6. The summed E-state index contributed by atoms with van der Waals surface area (Å²) in [6.45, 7) is 6.64. The van der Waals surface area contributed by atoms with E-state index < -0.39 is 0 Å². The van der Waals surface area contributed by atoms with Gasteiger partial charge in [-0.1, -0.05) is 32.0 Å². The van der Waals surface area contributed by atoms with Crippen LogP contribution in [0.4, 0.5) is 5.69 Å². The molecule has 0 saturated carbocycles. The Labute approximate surface area is 160 Å². The molecule has 4 heteroatoms. The molecule has 2 amide bonds. The first kappa shape index (κ1) is 17.9. The summed E-state index contributed by atoms with van der Waals surface area (Å²) < 4.78 is 0. The number of fused-ring (bicyclic) bond motifs is 2. The first-order chi connectivity index (χ1) is 13.1. The van der Waals surface area contributed by atoms with E-state index in [1.807, 2.05) is 30.3 Å². The van der Waals surface area contributed by atoms with Crippen LogP contribution in [0.1, 0.15) is 58.5 Å². The van der Waals surface area contributed by atoms with Crippen LogP contribution in [0.2, 0.25) is 0 Å². The van der Waals surface area contributed by atoms with Crippen LogP contribution in [0.15, 0.2) is 42.5 Å². The molecule has 0 atom stereocenters. The smallest absolute Gasteiger partial charge is 0.266 e. The molecule has 1 aliphatic carbocycles. The second kappa shape index (κ2) is 7.28. The van der Waals surface area contributed by atoms with Crippen LogP contribution >= 0.6 is 0 Å². The molecule has 0 spiro atoms. The predicted octanol–water partition coefficient (Wildman–Crippen LogP) is 4.08. The quantitative estimate of drug-likeness (QED) is 0.727. The maximum atomic E-state index is 12.9. The summed E-state index contributed by atoms with van der Waals surface area (Å²) in [6.07, 6.45) is 4.23. The van der Waals surface area contributed by atoms with Crippen molar-refractivity contribution in [1.29, 1.82) is 0 Å². The number of anilines is 1. The van der Waals surface area contributed by atoms with E-state index in [9.17, 15) is 9.59 Å². The molecule has 2 aromatic rings. The first-order valence-electron chi connectivity index (χ1n) is 9.97. The van der Waals surface area contributed by atoms with Crippen molar-refractivity contribution in [3.05, 3.63) is 64.7 Å². The maximum Gasteiger partial charge on any atom is 0.266 e. The van der Waals surface area contributed by atoms with Gasteiger partial charge in [0.1, 0.15) is 0 Å². The van der Waals surface area contributed by atoms with Gasteiger partial charge in [-0.25, -0.2) is 4.90 Å². The number of carbonyl (C=O) groups is 2. The zero-order valence-electron chi connectivity index (χ0n) is 16.1. The topological polar surface area (TPSA) is 40.6 Å². The van der Waals surface area contributed by atoms with Crippen LogP contribution in [-0.4, -0.2) is 35.8 Å². The van der Waals surface area contributed by atoms with E-state index >= 15 is 0 Å². The fraction of sp³-hybridized carbons (Fsp3) is 0.391. The van der Waals surface area contributed by atoms with Gasteiger partial charge in [0.25, 0.3) is 11.8 Å². The number of nitrogens with zero attached hydrogens (tertiary/aromatic N) is 2. The van der Waals surface area contributed by atoms with Crippen molar-refractivity contribution < 1.29 is 9.59 Å². The SMILES string of the molecule is CCCN(CCC)C1Cc2cc3c(cc2C1)C(=O)N(c1ccccc1)C3=O. The van der Waals surface area contributed by atoms with Crippen molar-refractivity contribution in [3.8, 4) is 0 Å². The Balaban J connectivity index is 1.62. The molecule has 1 heterocycles. The Morgan fingerprint density at radius 1 is 0.889 bits per heavy atom. The van der Waals surface area contributed by atoms with Gasteiger partial charge in [-0.2, -0.15) is 0 Å². The highest BCUT2D eigenvalue weighted by atomic mass is 16.2. The van der Waals surface area contributed by atoms with E-state index in [-0.39, 0.29) is 11.8 Å². The zero-order chi connectivity index (χ0) is 19.0. The monoisotopic (exact) mass is 362 g/mol. The van der Waals surface area contributed by atoms with Crippen LogP contribution in [0.25, 0.3) is 0 Å². The summed E-state index contributed by atoms with van der Waals surface area (Å²) in [7, 11) is 0. The summed E-state index contributed by atoms with van der Waals surface area (Å²) in [5.41, 5.74) is 4.21. The second-order valence-electron chi connectivity index (χ2n) is 7.55. The molecule has 0 fully saturated rings. The maximum absolute atomic E-state index is 12.9. The van der Waals surface area contributed by atoms with Gasteiger partial charge in [-0.15, -0.1) is 0 Å². The summed E-state index contributed by atoms with van der Waals surface area (Å²) in [4.78, 5) is 29.7. The van der Waals surface area contributed by atoms with Crippen LogP contribution < -0.4 is 4.90 Å². The molecule has 0 saturated heterocycles. The Bertz CT molecular complexity index is 824. The van der Waals surface area contributed by atoms with Gasteiger partial charge in [0.15, 0.2) is 0 Å². The number of hydrogen-bond donors (Lipinski definition) is 0. The standard InChI is InChI=1S/C23H26N2O2/c1-3-10-24(11-4-2)19-12-16-14-20-21(15-17(16)13-19)23(27)25(22(20)26)18-8-6-5-7-9-18/h5-9,14-15,19H,3-4,10-13H2,1-2H3. The number of benzene rings is 2. The van der Waals surface area contributed by atoms with Crippen LogP contribution in [0.3, 0.4) is 0 Å². The average molecular weight is 362 g/mol. The van der Waals surface area contributed by atoms with Crippen molar-refractivity contribution in [1.82, 2.24) is 4.90 Å². The van der Waals surface area contributed by atoms with Gasteiger partial charge in [-0.05, 0) is 74.2 Å². The zero-order valence-corrected chi connectivity index (χ0v) is 16.1. The van der Waals surface area contributed by atoms with Gasteiger partial charge in [0, 0.05) is 6.04 Å². The largest absolute Gasteiger partial charge is 0.300 e. The number of para-hydroxylation sites is 1. The Hall–Kier alpha value is -2.46. The van der Waals surface area contributed by atoms with Gasteiger partial charge in [0.05, 0.1) is 16.8 Å². The van der Waals surface area contributed by atoms with E-state index in [1.165, 1.54) is 16.0 Å². The van der Waals surface area contributed by atoms with E-state index in [0.29, 0.717) is 22.9 Å².